The van der Waals surface area contributed by atoms with Crippen molar-refractivity contribution in [3.8, 4) is 5.75 Å². The molecule has 30 heavy (non-hydrogen) atoms. The fourth-order valence-electron chi connectivity index (χ4n) is 2.94. The van der Waals surface area contributed by atoms with Crippen molar-refractivity contribution in [2.24, 2.45) is 0 Å². The van der Waals surface area contributed by atoms with Gasteiger partial charge in [-0.05, 0) is 31.0 Å². The van der Waals surface area contributed by atoms with E-state index in [9.17, 15) is 18.9 Å². The number of phosphoric ester groups is 1. The molecule has 1 N–H and O–H groups in total. The molecule has 162 valence electrons. The zero-order chi connectivity index (χ0) is 21.7. The molecule has 2 amide bonds. The first-order valence-electron chi connectivity index (χ1n) is 9.02. The Labute approximate surface area is 177 Å². The molecule has 1 aromatic rings. The number of aldehydes is 1. The number of benzene rings is 1. The van der Waals surface area contributed by atoms with E-state index in [4.69, 9.17) is 29.9 Å². The number of fused-ring (bicyclic) bond motifs is 1. The van der Waals surface area contributed by atoms with Crippen molar-refractivity contribution < 1.29 is 37.3 Å². The minimum absolute atomic E-state index is 0.0268. The third-order valence-electron chi connectivity index (χ3n) is 4.47. The molecule has 0 saturated carbocycles. The Hall–Kier alpha value is -2.23. The van der Waals surface area contributed by atoms with E-state index in [1.165, 1.54) is 7.05 Å². The normalized spacial score (nSPS) is 25.7. The standard InChI is InChI=1S/C18H20ClN2O8P/c1-20-18(24)13(8-22)7-21(11-23)17-5-3-15(28-17)10-27-30(25)26-9-12-6-14(19)2-4-16(12)29-30/h2,4,6-8,11,15,17H,3,5,9-10H2,1H3,(H,20,24)/b13-7-. The average Bonchev–Trinajstić information content (AvgIpc) is 3.22. The molecule has 0 bridgehead atoms. The Bertz CT molecular complexity index is 908. The van der Waals surface area contributed by atoms with Gasteiger partial charge in [0.05, 0.1) is 24.9 Å². The lowest BCUT2D eigenvalue weighted by Gasteiger charge is -2.26. The van der Waals surface area contributed by atoms with Gasteiger partial charge in [-0.2, -0.15) is 0 Å². The monoisotopic (exact) mass is 458 g/mol. The molecule has 1 fully saturated rings. The molecule has 3 unspecified atom stereocenters. The van der Waals surface area contributed by atoms with Crippen molar-refractivity contribution in [2.45, 2.75) is 31.8 Å². The molecule has 10 nitrogen and oxygen atoms in total. The summed E-state index contributed by atoms with van der Waals surface area (Å²) in [5.74, 6) is -0.256. The maximum absolute atomic E-state index is 12.7. The van der Waals surface area contributed by atoms with Crippen molar-refractivity contribution in [2.75, 3.05) is 13.7 Å². The first kappa shape index (κ1) is 22.5. The van der Waals surface area contributed by atoms with Crippen LogP contribution < -0.4 is 9.84 Å². The van der Waals surface area contributed by atoms with Crippen molar-refractivity contribution >= 4 is 38.0 Å². The van der Waals surface area contributed by atoms with Gasteiger partial charge in [-0.3, -0.25) is 28.3 Å². The number of carbonyl (C=O) groups is 3. The third kappa shape index (κ3) is 5.27. The van der Waals surface area contributed by atoms with Gasteiger partial charge in [0.2, 0.25) is 6.41 Å². The second-order valence-corrected chi connectivity index (χ2v) is 8.51. The third-order valence-corrected chi connectivity index (χ3v) is 6.04. The second-order valence-electron chi connectivity index (χ2n) is 6.48. The van der Waals surface area contributed by atoms with Gasteiger partial charge < -0.3 is 14.6 Å². The molecule has 0 radical (unpaired) electrons. The van der Waals surface area contributed by atoms with Crippen molar-refractivity contribution in [3.63, 3.8) is 0 Å². The van der Waals surface area contributed by atoms with Crippen LogP contribution in [0.1, 0.15) is 18.4 Å². The van der Waals surface area contributed by atoms with Crippen LogP contribution in [0.25, 0.3) is 0 Å². The van der Waals surface area contributed by atoms with Crippen LogP contribution in [-0.2, 0) is 39.3 Å². The zero-order valence-electron chi connectivity index (χ0n) is 16.0. The summed E-state index contributed by atoms with van der Waals surface area (Å²) >= 11 is 5.91. The van der Waals surface area contributed by atoms with E-state index in [-0.39, 0.29) is 18.8 Å². The maximum atomic E-state index is 12.7. The van der Waals surface area contributed by atoms with Crippen LogP contribution >= 0.6 is 19.4 Å². The Morgan fingerprint density at radius 1 is 1.40 bits per heavy atom. The molecule has 2 aliphatic heterocycles. The van der Waals surface area contributed by atoms with Gasteiger partial charge in [0.25, 0.3) is 5.91 Å². The predicted molar refractivity (Wildman–Crippen MR) is 104 cm³/mol. The molecule has 12 heteroatoms. The van der Waals surface area contributed by atoms with Gasteiger partial charge in [0.15, 0.2) is 6.29 Å². The molecule has 0 aliphatic carbocycles. The highest BCUT2D eigenvalue weighted by Gasteiger charge is 2.37. The van der Waals surface area contributed by atoms with E-state index < -0.39 is 26.1 Å². The van der Waals surface area contributed by atoms with Gasteiger partial charge in [-0.15, -0.1) is 0 Å². The number of carbonyl (C=O) groups excluding carboxylic acids is 3. The van der Waals surface area contributed by atoms with E-state index in [1.54, 1.807) is 18.2 Å². The SMILES string of the molecule is CNC(=O)/C(C=O)=C\N(C=O)C1CCC(COP2(=O)OCc3cc(Cl)ccc3O2)O1. The van der Waals surface area contributed by atoms with E-state index in [0.717, 1.165) is 11.1 Å². The van der Waals surface area contributed by atoms with Crippen molar-refractivity contribution in [1.82, 2.24) is 10.2 Å². The number of nitrogens with one attached hydrogen (secondary N) is 1. The highest BCUT2D eigenvalue weighted by atomic mass is 35.5. The van der Waals surface area contributed by atoms with Gasteiger partial charge in [0.1, 0.15) is 12.0 Å². The Morgan fingerprint density at radius 2 is 2.20 bits per heavy atom. The lowest BCUT2D eigenvalue weighted by molar-refractivity contribution is -0.127. The molecule has 0 aromatic heterocycles. The first-order chi connectivity index (χ1) is 14.4. The number of hydrogen-bond donors (Lipinski definition) is 1. The molecule has 1 saturated heterocycles. The average molecular weight is 459 g/mol. The van der Waals surface area contributed by atoms with Crippen LogP contribution in [0.15, 0.2) is 30.0 Å². The molecule has 1 aromatic carbocycles. The number of likely N-dealkylation sites (N-methyl/N-ethyl adjacent to an activating group) is 1. The second kappa shape index (κ2) is 9.72. The van der Waals surface area contributed by atoms with E-state index in [1.807, 2.05) is 0 Å². The smallest absolute Gasteiger partial charge is 0.404 e. The molecule has 3 atom stereocenters. The fourth-order valence-corrected chi connectivity index (χ4v) is 4.38. The van der Waals surface area contributed by atoms with Crippen LogP contribution in [0.4, 0.5) is 0 Å². The zero-order valence-corrected chi connectivity index (χ0v) is 17.6. The Kier molecular flexibility index (Phi) is 7.27. The van der Waals surface area contributed by atoms with Gasteiger partial charge >= 0.3 is 7.82 Å². The maximum Gasteiger partial charge on any atom is 0.530 e. The summed E-state index contributed by atoms with van der Waals surface area (Å²) in [6, 6.07) is 4.84. The summed E-state index contributed by atoms with van der Waals surface area (Å²) in [5, 5.41) is 2.81. The van der Waals surface area contributed by atoms with E-state index >= 15 is 0 Å². The number of rotatable bonds is 8. The number of nitrogens with zero attached hydrogens (tertiary/aromatic N) is 1. The summed E-state index contributed by atoms with van der Waals surface area (Å²) in [7, 11) is -2.46. The highest BCUT2D eigenvalue weighted by molar-refractivity contribution is 7.49. The van der Waals surface area contributed by atoms with Crippen molar-refractivity contribution in [3.05, 3.63) is 40.6 Å². The predicted octanol–water partition coefficient (Wildman–Crippen LogP) is 2.17. The van der Waals surface area contributed by atoms with Crippen LogP contribution in [0.5, 0.6) is 5.75 Å². The summed E-state index contributed by atoms with van der Waals surface area (Å²) in [5.41, 5.74) is 0.436. The number of halogens is 1. The summed E-state index contributed by atoms with van der Waals surface area (Å²) in [4.78, 5) is 35.1. The van der Waals surface area contributed by atoms with Crippen LogP contribution in [0.2, 0.25) is 5.02 Å². The minimum Gasteiger partial charge on any atom is -0.404 e. The topological polar surface area (TPSA) is 120 Å². The molecule has 0 spiro atoms. The lowest BCUT2D eigenvalue weighted by atomic mass is 10.2. The first-order valence-corrected chi connectivity index (χ1v) is 10.9. The lowest BCUT2D eigenvalue weighted by Crippen LogP contribution is -2.32. The number of hydrogen-bond acceptors (Lipinski definition) is 8. The minimum atomic E-state index is -3.83. The number of ether oxygens (including phenoxy) is 1. The summed E-state index contributed by atoms with van der Waals surface area (Å²) in [6.45, 7) is -0.0674. The Balaban J connectivity index is 1.57. The van der Waals surface area contributed by atoms with Crippen LogP contribution in [0.3, 0.4) is 0 Å². The van der Waals surface area contributed by atoms with Crippen LogP contribution in [0, 0.1) is 0 Å². The molecule has 2 heterocycles. The number of phosphoric acid groups is 1. The fraction of sp³-hybridized carbons (Fsp3) is 0.389. The van der Waals surface area contributed by atoms with Crippen LogP contribution in [-0.4, -0.2) is 49.5 Å². The van der Waals surface area contributed by atoms with E-state index in [2.05, 4.69) is 5.32 Å². The summed E-state index contributed by atoms with van der Waals surface area (Å²) in [6.07, 6.45) is 1.64. The Morgan fingerprint density at radius 3 is 2.90 bits per heavy atom. The largest absolute Gasteiger partial charge is 0.530 e. The van der Waals surface area contributed by atoms with Crippen molar-refractivity contribution in [1.29, 1.82) is 0 Å². The highest BCUT2D eigenvalue weighted by Crippen LogP contribution is 2.55. The van der Waals surface area contributed by atoms with Gasteiger partial charge in [0, 0.05) is 23.8 Å². The molecule has 3 rings (SSSR count). The quantitative estimate of drug-likeness (QED) is 0.207. The molecular weight excluding hydrogens is 439 g/mol. The van der Waals surface area contributed by atoms with Gasteiger partial charge in [-0.1, -0.05) is 11.6 Å². The number of amides is 2. The molecule has 2 aliphatic rings. The molecular formula is C18H20ClN2O8P. The summed E-state index contributed by atoms with van der Waals surface area (Å²) < 4.78 is 34.4. The van der Waals surface area contributed by atoms with Gasteiger partial charge in [-0.25, -0.2) is 4.57 Å². The van der Waals surface area contributed by atoms with E-state index in [0.29, 0.717) is 41.9 Å².